The number of nitrogens with zero attached hydrogens (tertiary/aromatic N) is 1. The Kier molecular flexibility index (Phi) is 4.19. The maximum atomic E-state index is 11.6. The molecule has 1 unspecified atom stereocenters. The van der Waals surface area contributed by atoms with Crippen molar-refractivity contribution in [2.24, 2.45) is 10.8 Å². The van der Waals surface area contributed by atoms with Gasteiger partial charge in [0.15, 0.2) is 0 Å². The predicted molar refractivity (Wildman–Crippen MR) is 66.2 cm³/mol. The van der Waals surface area contributed by atoms with Crippen molar-refractivity contribution in [2.45, 2.75) is 50.6 Å². The van der Waals surface area contributed by atoms with Crippen LogP contribution in [0.3, 0.4) is 0 Å². The highest BCUT2D eigenvalue weighted by atomic mass is 16.2. The number of guanidine groups is 1. The first kappa shape index (κ1) is 12.2. The summed E-state index contributed by atoms with van der Waals surface area (Å²) in [6, 6.07) is 0.139. The van der Waals surface area contributed by atoms with Gasteiger partial charge in [-0.3, -0.25) is 10.2 Å². The van der Waals surface area contributed by atoms with Gasteiger partial charge in [0.2, 0.25) is 11.9 Å². The van der Waals surface area contributed by atoms with Crippen molar-refractivity contribution in [3.05, 3.63) is 0 Å². The molecule has 0 radical (unpaired) electrons. The number of nitrogens with one attached hydrogen (secondary N) is 3. The van der Waals surface area contributed by atoms with E-state index >= 15 is 0 Å². The summed E-state index contributed by atoms with van der Waals surface area (Å²) in [5.74, 6) is 5.98. The van der Waals surface area contributed by atoms with Gasteiger partial charge in [0, 0.05) is 12.6 Å². The van der Waals surface area contributed by atoms with Crippen LogP contribution in [0.1, 0.15) is 38.5 Å². The van der Waals surface area contributed by atoms with Crippen LogP contribution < -0.4 is 21.9 Å². The lowest BCUT2D eigenvalue weighted by Crippen LogP contribution is -2.48. The minimum Gasteiger partial charge on any atom is -0.354 e. The van der Waals surface area contributed by atoms with Crippen molar-refractivity contribution in [2.75, 3.05) is 6.54 Å². The van der Waals surface area contributed by atoms with Crippen molar-refractivity contribution >= 4 is 11.9 Å². The molecule has 2 rings (SSSR count). The van der Waals surface area contributed by atoms with E-state index in [2.05, 4.69) is 21.1 Å². The van der Waals surface area contributed by atoms with Crippen molar-refractivity contribution in [1.29, 1.82) is 0 Å². The number of hydrazine groups is 1. The Labute approximate surface area is 101 Å². The van der Waals surface area contributed by atoms with E-state index in [9.17, 15) is 4.79 Å². The second-order valence-corrected chi connectivity index (χ2v) is 4.70. The van der Waals surface area contributed by atoms with Gasteiger partial charge in [0.05, 0.1) is 0 Å². The third-order valence-electron chi connectivity index (χ3n) is 3.37. The molecular formula is C11H21N5O. The molecule has 1 amide bonds. The molecular weight excluding hydrogens is 218 g/mol. The average molecular weight is 239 g/mol. The van der Waals surface area contributed by atoms with Crippen LogP contribution in [0.4, 0.5) is 0 Å². The molecule has 1 saturated carbocycles. The standard InChI is InChI=1S/C11H21N5O/c12-16-11(14-8-4-1-2-5-8)15-9-6-3-7-13-10(9)17/h8-9H,1-7,12H2,(H,13,17)(H2,14,15,16). The lowest BCUT2D eigenvalue weighted by molar-refractivity contribution is -0.123. The molecule has 5 N–H and O–H groups in total. The first-order valence-corrected chi connectivity index (χ1v) is 6.38. The third kappa shape index (κ3) is 3.33. The van der Waals surface area contributed by atoms with Crippen LogP contribution in [0.25, 0.3) is 0 Å². The number of carbonyl (C=O) groups is 1. The SMILES string of the molecule is NNC(=NC1CCCNC1=O)NC1CCCC1. The quantitative estimate of drug-likeness (QED) is 0.229. The van der Waals surface area contributed by atoms with Gasteiger partial charge in [-0.05, 0) is 25.7 Å². The van der Waals surface area contributed by atoms with E-state index in [0.29, 0.717) is 12.0 Å². The molecule has 0 spiro atoms. The van der Waals surface area contributed by atoms with Gasteiger partial charge in [0.1, 0.15) is 6.04 Å². The highest BCUT2D eigenvalue weighted by Gasteiger charge is 2.22. The summed E-state index contributed by atoms with van der Waals surface area (Å²) in [5.41, 5.74) is 2.56. The van der Waals surface area contributed by atoms with E-state index in [4.69, 9.17) is 5.84 Å². The molecule has 6 nitrogen and oxygen atoms in total. The monoisotopic (exact) mass is 239 g/mol. The Balaban J connectivity index is 1.92. The van der Waals surface area contributed by atoms with Gasteiger partial charge in [-0.2, -0.15) is 0 Å². The largest absolute Gasteiger partial charge is 0.354 e. The van der Waals surface area contributed by atoms with Crippen molar-refractivity contribution < 1.29 is 4.79 Å². The Morgan fingerprint density at radius 1 is 1.29 bits per heavy atom. The number of aliphatic imine (C=N–C) groups is 1. The van der Waals surface area contributed by atoms with Crippen LogP contribution in [0.15, 0.2) is 4.99 Å². The number of hydrogen-bond acceptors (Lipinski definition) is 3. The molecule has 0 bridgehead atoms. The van der Waals surface area contributed by atoms with E-state index in [1.807, 2.05) is 0 Å². The number of amides is 1. The van der Waals surface area contributed by atoms with Crippen LogP contribution in [0.2, 0.25) is 0 Å². The number of rotatable bonds is 2. The molecule has 17 heavy (non-hydrogen) atoms. The summed E-state index contributed by atoms with van der Waals surface area (Å²) in [5, 5.41) is 6.08. The molecule has 1 saturated heterocycles. The summed E-state index contributed by atoms with van der Waals surface area (Å²) < 4.78 is 0. The summed E-state index contributed by atoms with van der Waals surface area (Å²) in [6.07, 6.45) is 6.57. The zero-order valence-corrected chi connectivity index (χ0v) is 10.0. The van der Waals surface area contributed by atoms with E-state index in [1.165, 1.54) is 12.8 Å². The number of piperidine rings is 1. The van der Waals surface area contributed by atoms with Gasteiger partial charge >= 0.3 is 0 Å². The van der Waals surface area contributed by atoms with Crippen LogP contribution in [0.5, 0.6) is 0 Å². The molecule has 1 aliphatic carbocycles. The fourth-order valence-electron chi connectivity index (χ4n) is 2.41. The zero-order valence-electron chi connectivity index (χ0n) is 10.0. The molecule has 1 atom stereocenters. The lowest BCUT2D eigenvalue weighted by Gasteiger charge is -2.21. The second-order valence-electron chi connectivity index (χ2n) is 4.70. The maximum absolute atomic E-state index is 11.6. The molecule has 0 aromatic carbocycles. The first-order valence-electron chi connectivity index (χ1n) is 6.38. The third-order valence-corrected chi connectivity index (χ3v) is 3.37. The highest BCUT2D eigenvalue weighted by molar-refractivity contribution is 5.87. The smallest absolute Gasteiger partial charge is 0.244 e. The minimum atomic E-state index is -0.302. The highest BCUT2D eigenvalue weighted by Crippen LogP contribution is 2.17. The van der Waals surface area contributed by atoms with E-state index in [1.54, 1.807) is 0 Å². The van der Waals surface area contributed by atoms with Gasteiger partial charge in [-0.1, -0.05) is 12.8 Å². The molecule has 0 aromatic rings. The topological polar surface area (TPSA) is 91.5 Å². The first-order chi connectivity index (χ1) is 8.29. The van der Waals surface area contributed by atoms with Gasteiger partial charge < -0.3 is 10.6 Å². The van der Waals surface area contributed by atoms with Crippen LogP contribution in [-0.4, -0.2) is 30.5 Å². The van der Waals surface area contributed by atoms with E-state index in [-0.39, 0.29) is 11.9 Å². The van der Waals surface area contributed by atoms with E-state index < -0.39 is 0 Å². The van der Waals surface area contributed by atoms with Crippen molar-refractivity contribution in [1.82, 2.24) is 16.1 Å². The van der Waals surface area contributed by atoms with Gasteiger partial charge in [-0.25, -0.2) is 10.8 Å². The Morgan fingerprint density at radius 3 is 2.71 bits per heavy atom. The molecule has 1 aliphatic heterocycles. The normalized spacial score (nSPS) is 26.8. The molecule has 96 valence electrons. The van der Waals surface area contributed by atoms with E-state index in [0.717, 1.165) is 32.2 Å². The van der Waals surface area contributed by atoms with Crippen molar-refractivity contribution in [3.8, 4) is 0 Å². The molecule has 2 aliphatic rings. The fraction of sp³-hybridized carbons (Fsp3) is 0.818. The van der Waals surface area contributed by atoms with Crippen molar-refractivity contribution in [3.63, 3.8) is 0 Å². The Bertz CT molecular complexity index is 298. The Hall–Kier alpha value is -1.30. The molecule has 1 heterocycles. The average Bonchev–Trinajstić information content (AvgIpc) is 2.84. The number of carbonyl (C=O) groups excluding carboxylic acids is 1. The molecule has 0 aromatic heterocycles. The summed E-state index contributed by atoms with van der Waals surface area (Å²) in [4.78, 5) is 15.9. The van der Waals surface area contributed by atoms with Crippen LogP contribution >= 0.6 is 0 Å². The predicted octanol–water partition coefficient (Wildman–Crippen LogP) is -0.384. The number of nitrogens with two attached hydrogens (primary N) is 1. The lowest BCUT2D eigenvalue weighted by atomic mass is 10.1. The van der Waals surface area contributed by atoms with Crippen LogP contribution in [0, 0.1) is 0 Å². The van der Waals surface area contributed by atoms with Crippen LogP contribution in [-0.2, 0) is 4.79 Å². The van der Waals surface area contributed by atoms with Gasteiger partial charge in [-0.15, -0.1) is 0 Å². The Morgan fingerprint density at radius 2 is 2.06 bits per heavy atom. The maximum Gasteiger partial charge on any atom is 0.244 e. The summed E-state index contributed by atoms with van der Waals surface area (Å²) in [7, 11) is 0. The number of hydrogen-bond donors (Lipinski definition) is 4. The second kappa shape index (κ2) is 5.86. The molecule has 2 fully saturated rings. The summed E-state index contributed by atoms with van der Waals surface area (Å²) in [6.45, 7) is 0.756. The fourth-order valence-corrected chi connectivity index (χ4v) is 2.41. The molecule has 6 heteroatoms. The summed E-state index contributed by atoms with van der Waals surface area (Å²) >= 11 is 0. The zero-order chi connectivity index (χ0) is 12.1. The van der Waals surface area contributed by atoms with Gasteiger partial charge in [0.25, 0.3) is 0 Å². The minimum absolute atomic E-state index is 0.00257.